The van der Waals surface area contributed by atoms with Crippen molar-refractivity contribution < 1.29 is 9.59 Å². The largest absolute Gasteiger partial charge is 0.354 e. The number of hydrogen-bond acceptors (Lipinski definition) is 3. The molecule has 0 aromatic carbocycles. The van der Waals surface area contributed by atoms with Gasteiger partial charge in [0.05, 0.1) is 0 Å². The molecule has 1 N–H and O–H groups in total. The molecule has 0 aliphatic carbocycles. The predicted molar refractivity (Wildman–Crippen MR) is 71.6 cm³/mol. The molecule has 0 spiro atoms. The molecule has 1 aliphatic heterocycles. The smallest absolute Gasteiger partial charge is 0.242 e. The van der Waals surface area contributed by atoms with E-state index in [0.717, 1.165) is 12.8 Å². The van der Waals surface area contributed by atoms with Crippen LogP contribution in [-0.2, 0) is 16.0 Å². The van der Waals surface area contributed by atoms with Gasteiger partial charge in [0.25, 0.3) is 0 Å². The van der Waals surface area contributed by atoms with E-state index < -0.39 is 0 Å². The third kappa shape index (κ3) is 2.90. The number of nitrogens with zero attached hydrogens (tertiary/aromatic N) is 1. The van der Waals surface area contributed by atoms with Crippen LogP contribution in [0.2, 0.25) is 0 Å². The van der Waals surface area contributed by atoms with E-state index in [1.165, 1.54) is 9.75 Å². The standard InChI is InChI=1S/C13H18N2O2S/c1-9-3-4-10(18-9)5-6-12(16)15(2)11-7-8-14-13(11)17/h3-4,11H,5-8H2,1-2H3,(H,14,17). The third-order valence-electron chi connectivity index (χ3n) is 3.26. The number of thiophene rings is 1. The molecule has 0 saturated carbocycles. The molecule has 0 bridgehead atoms. The Morgan fingerprint density at radius 2 is 2.33 bits per heavy atom. The van der Waals surface area contributed by atoms with Crippen LogP contribution < -0.4 is 5.32 Å². The lowest BCUT2D eigenvalue weighted by Gasteiger charge is -2.22. The van der Waals surface area contributed by atoms with Crippen molar-refractivity contribution in [3.8, 4) is 0 Å². The van der Waals surface area contributed by atoms with Crippen LogP contribution in [0.15, 0.2) is 12.1 Å². The molecule has 1 atom stereocenters. The molecule has 1 aromatic rings. The Kier molecular flexibility index (Phi) is 4.01. The molecule has 2 rings (SSSR count). The van der Waals surface area contributed by atoms with Gasteiger partial charge >= 0.3 is 0 Å². The molecule has 1 unspecified atom stereocenters. The Morgan fingerprint density at radius 3 is 2.89 bits per heavy atom. The van der Waals surface area contributed by atoms with Gasteiger partial charge in [-0.1, -0.05) is 0 Å². The molecule has 98 valence electrons. The summed E-state index contributed by atoms with van der Waals surface area (Å²) in [4.78, 5) is 27.6. The highest BCUT2D eigenvalue weighted by Crippen LogP contribution is 2.17. The van der Waals surface area contributed by atoms with Gasteiger partial charge in [0, 0.05) is 29.8 Å². The summed E-state index contributed by atoms with van der Waals surface area (Å²) in [5, 5.41) is 2.75. The van der Waals surface area contributed by atoms with Crippen LogP contribution in [0.4, 0.5) is 0 Å². The molecular formula is C13H18N2O2S. The Balaban J connectivity index is 1.86. The summed E-state index contributed by atoms with van der Waals surface area (Å²) in [6.45, 7) is 2.73. The van der Waals surface area contributed by atoms with E-state index in [2.05, 4.69) is 24.4 Å². The molecule has 0 radical (unpaired) electrons. The Morgan fingerprint density at radius 1 is 1.56 bits per heavy atom. The second kappa shape index (κ2) is 5.52. The highest BCUT2D eigenvalue weighted by molar-refractivity contribution is 7.11. The first-order chi connectivity index (χ1) is 8.58. The van der Waals surface area contributed by atoms with Gasteiger partial charge in [0.1, 0.15) is 6.04 Å². The zero-order valence-electron chi connectivity index (χ0n) is 10.7. The maximum Gasteiger partial charge on any atom is 0.242 e. The van der Waals surface area contributed by atoms with E-state index in [1.54, 1.807) is 23.3 Å². The third-order valence-corrected chi connectivity index (χ3v) is 4.32. The first-order valence-electron chi connectivity index (χ1n) is 6.16. The molecule has 5 heteroatoms. The molecule has 1 aromatic heterocycles. The Hall–Kier alpha value is -1.36. The molecule has 4 nitrogen and oxygen atoms in total. The van der Waals surface area contributed by atoms with Gasteiger partial charge in [-0.05, 0) is 31.9 Å². The van der Waals surface area contributed by atoms with Crippen molar-refractivity contribution in [2.24, 2.45) is 0 Å². The molecule has 1 aliphatic rings. The molecule has 2 heterocycles. The van der Waals surface area contributed by atoms with E-state index in [1.807, 2.05) is 0 Å². The summed E-state index contributed by atoms with van der Waals surface area (Å²) in [5.74, 6) is 0.0147. The van der Waals surface area contributed by atoms with Crippen molar-refractivity contribution >= 4 is 23.2 Å². The van der Waals surface area contributed by atoms with Crippen LogP contribution in [0.5, 0.6) is 0 Å². The van der Waals surface area contributed by atoms with Gasteiger partial charge in [-0.25, -0.2) is 0 Å². The first kappa shape index (κ1) is 13.1. The van der Waals surface area contributed by atoms with Crippen LogP contribution in [0.25, 0.3) is 0 Å². The number of hydrogen-bond donors (Lipinski definition) is 1. The fourth-order valence-corrected chi connectivity index (χ4v) is 3.04. The fourth-order valence-electron chi connectivity index (χ4n) is 2.15. The van der Waals surface area contributed by atoms with Gasteiger partial charge in [-0.3, -0.25) is 9.59 Å². The average Bonchev–Trinajstić information content (AvgIpc) is 2.94. The normalized spacial score (nSPS) is 18.8. The van der Waals surface area contributed by atoms with Crippen LogP contribution >= 0.6 is 11.3 Å². The average molecular weight is 266 g/mol. The van der Waals surface area contributed by atoms with Crippen LogP contribution in [0.1, 0.15) is 22.6 Å². The van der Waals surface area contributed by atoms with Crippen molar-refractivity contribution in [3.05, 3.63) is 21.9 Å². The van der Waals surface area contributed by atoms with E-state index in [9.17, 15) is 9.59 Å². The van der Waals surface area contributed by atoms with E-state index in [-0.39, 0.29) is 17.9 Å². The van der Waals surface area contributed by atoms with Crippen LogP contribution in [-0.4, -0.2) is 36.3 Å². The predicted octanol–water partition coefficient (Wildman–Crippen LogP) is 1.34. The maximum absolute atomic E-state index is 12.0. The van der Waals surface area contributed by atoms with Crippen molar-refractivity contribution in [3.63, 3.8) is 0 Å². The van der Waals surface area contributed by atoms with E-state index >= 15 is 0 Å². The molecular weight excluding hydrogens is 248 g/mol. The SMILES string of the molecule is Cc1ccc(CCC(=O)N(C)C2CCNC2=O)s1. The van der Waals surface area contributed by atoms with Crippen LogP contribution in [0, 0.1) is 6.92 Å². The summed E-state index contributed by atoms with van der Waals surface area (Å²) in [6.07, 6.45) is 1.95. The molecule has 1 fully saturated rings. The molecule has 2 amide bonds. The number of carbonyl (C=O) groups excluding carboxylic acids is 2. The fraction of sp³-hybridized carbons (Fsp3) is 0.538. The minimum Gasteiger partial charge on any atom is -0.354 e. The highest BCUT2D eigenvalue weighted by Gasteiger charge is 2.30. The second-order valence-corrected chi connectivity index (χ2v) is 5.98. The van der Waals surface area contributed by atoms with E-state index in [0.29, 0.717) is 13.0 Å². The summed E-state index contributed by atoms with van der Waals surface area (Å²) in [7, 11) is 1.72. The first-order valence-corrected chi connectivity index (χ1v) is 6.98. The van der Waals surface area contributed by atoms with Crippen molar-refractivity contribution in [1.29, 1.82) is 0 Å². The number of likely N-dealkylation sites (N-methyl/N-ethyl adjacent to an activating group) is 1. The number of rotatable bonds is 4. The summed E-state index contributed by atoms with van der Waals surface area (Å²) >= 11 is 1.72. The topological polar surface area (TPSA) is 49.4 Å². The lowest BCUT2D eigenvalue weighted by atomic mass is 10.2. The van der Waals surface area contributed by atoms with Gasteiger partial charge in [0.15, 0.2) is 0 Å². The van der Waals surface area contributed by atoms with Crippen molar-refractivity contribution in [2.45, 2.75) is 32.2 Å². The lowest BCUT2D eigenvalue weighted by Crippen LogP contribution is -2.41. The van der Waals surface area contributed by atoms with Crippen molar-refractivity contribution in [2.75, 3.05) is 13.6 Å². The van der Waals surface area contributed by atoms with Gasteiger partial charge in [-0.15, -0.1) is 11.3 Å². The van der Waals surface area contributed by atoms with Gasteiger partial charge in [0.2, 0.25) is 11.8 Å². The highest BCUT2D eigenvalue weighted by atomic mass is 32.1. The Bertz CT molecular complexity index is 456. The van der Waals surface area contributed by atoms with E-state index in [4.69, 9.17) is 0 Å². The molecule has 18 heavy (non-hydrogen) atoms. The van der Waals surface area contributed by atoms with Crippen LogP contribution in [0.3, 0.4) is 0 Å². The second-order valence-electron chi connectivity index (χ2n) is 4.61. The number of nitrogens with one attached hydrogen (secondary N) is 1. The zero-order valence-corrected chi connectivity index (χ0v) is 11.5. The van der Waals surface area contributed by atoms with Gasteiger partial charge < -0.3 is 10.2 Å². The quantitative estimate of drug-likeness (QED) is 0.894. The summed E-state index contributed by atoms with van der Waals surface area (Å²) < 4.78 is 0. The molecule has 1 saturated heterocycles. The summed E-state index contributed by atoms with van der Waals surface area (Å²) in [6, 6.07) is 3.86. The Labute approximate surface area is 111 Å². The van der Waals surface area contributed by atoms with Crippen molar-refractivity contribution in [1.82, 2.24) is 10.2 Å². The maximum atomic E-state index is 12.0. The lowest BCUT2D eigenvalue weighted by molar-refractivity contribution is -0.137. The monoisotopic (exact) mass is 266 g/mol. The number of carbonyl (C=O) groups is 2. The summed E-state index contributed by atoms with van der Waals surface area (Å²) in [5.41, 5.74) is 0. The number of amides is 2. The minimum absolute atomic E-state index is 0.0298. The minimum atomic E-state index is -0.275. The number of aryl methyl sites for hydroxylation is 2. The van der Waals surface area contributed by atoms with Gasteiger partial charge in [-0.2, -0.15) is 0 Å². The zero-order chi connectivity index (χ0) is 13.1.